The van der Waals surface area contributed by atoms with Gasteiger partial charge in [0.25, 0.3) is 0 Å². The van der Waals surface area contributed by atoms with Gasteiger partial charge in [0.1, 0.15) is 0 Å². The van der Waals surface area contributed by atoms with E-state index in [1.54, 1.807) is 6.92 Å². The van der Waals surface area contributed by atoms with Gasteiger partial charge in [0.2, 0.25) is 0 Å². The minimum Gasteiger partial charge on any atom is -0.501 e. The minimum atomic E-state index is -0.232. The zero-order chi connectivity index (χ0) is 11.1. The third-order valence-electron chi connectivity index (χ3n) is 1.64. The van der Waals surface area contributed by atoms with Crippen molar-refractivity contribution in [3.63, 3.8) is 0 Å². The molecule has 0 aromatic heterocycles. The van der Waals surface area contributed by atoms with Crippen molar-refractivity contribution in [2.75, 3.05) is 6.61 Å². The minimum absolute atomic E-state index is 0.138. The first kappa shape index (κ1) is 12.9. The van der Waals surface area contributed by atoms with Crippen LogP contribution in [0.5, 0.6) is 0 Å². The van der Waals surface area contributed by atoms with Crippen LogP contribution < -0.4 is 0 Å². The number of rotatable bonds is 6. The summed E-state index contributed by atoms with van der Waals surface area (Å²) in [4.78, 5) is 22.6. The van der Waals surface area contributed by atoms with Crippen LogP contribution >= 0.6 is 0 Å². The molecular formula is C11H18O3. The number of Topliss-reactive ketones (excluding diaryl/α,β-unsaturated/α-hetero) is 2. The molecular weight excluding hydrogens is 180 g/mol. The van der Waals surface area contributed by atoms with Gasteiger partial charge < -0.3 is 4.74 Å². The predicted octanol–water partition coefficient (Wildman–Crippen LogP) is 2.11. The number of hydrogen-bond acceptors (Lipinski definition) is 3. The molecule has 0 aliphatic carbocycles. The third kappa shape index (κ3) is 4.80. The average Bonchev–Trinajstić information content (AvgIpc) is 2.02. The Morgan fingerprint density at radius 1 is 1.36 bits per heavy atom. The zero-order valence-corrected chi connectivity index (χ0v) is 9.29. The van der Waals surface area contributed by atoms with E-state index >= 15 is 0 Å². The number of ketones is 2. The molecule has 3 heteroatoms. The van der Waals surface area contributed by atoms with E-state index < -0.39 is 0 Å². The van der Waals surface area contributed by atoms with Crippen molar-refractivity contribution in [3.05, 3.63) is 11.8 Å². The van der Waals surface area contributed by atoms with Crippen LogP contribution in [0, 0.1) is 5.92 Å². The summed E-state index contributed by atoms with van der Waals surface area (Å²) < 4.78 is 4.96. The largest absolute Gasteiger partial charge is 0.501 e. The molecule has 0 aromatic carbocycles. The van der Waals surface area contributed by atoms with Crippen LogP contribution in [-0.4, -0.2) is 18.2 Å². The fourth-order valence-corrected chi connectivity index (χ4v) is 0.992. The Labute approximate surface area is 85.1 Å². The highest BCUT2D eigenvalue weighted by atomic mass is 16.5. The number of carbonyl (C=O) groups excluding carboxylic acids is 2. The van der Waals surface area contributed by atoms with Gasteiger partial charge in [-0.15, -0.1) is 0 Å². The second-order valence-electron chi connectivity index (χ2n) is 3.56. The molecule has 0 aliphatic heterocycles. The van der Waals surface area contributed by atoms with Gasteiger partial charge in [-0.3, -0.25) is 9.59 Å². The monoisotopic (exact) mass is 198 g/mol. The molecule has 0 amide bonds. The van der Waals surface area contributed by atoms with Gasteiger partial charge in [-0.25, -0.2) is 0 Å². The lowest BCUT2D eigenvalue weighted by atomic mass is 10.00. The van der Waals surface area contributed by atoms with Crippen LogP contribution in [-0.2, 0) is 14.3 Å². The summed E-state index contributed by atoms with van der Waals surface area (Å²) in [6.07, 6.45) is 1.66. The molecule has 0 fully saturated rings. The molecule has 0 radical (unpaired) electrons. The number of hydrogen-bond donors (Lipinski definition) is 0. The zero-order valence-electron chi connectivity index (χ0n) is 9.29. The number of allylic oxidation sites excluding steroid dienone is 1. The summed E-state index contributed by atoms with van der Waals surface area (Å²) in [5, 5.41) is 0. The molecule has 80 valence electrons. The molecule has 3 nitrogen and oxygen atoms in total. The topological polar surface area (TPSA) is 43.4 Å². The molecule has 0 saturated carbocycles. The van der Waals surface area contributed by atoms with Crippen LogP contribution in [0.25, 0.3) is 0 Å². The molecule has 0 heterocycles. The summed E-state index contributed by atoms with van der Waals surface area (Å²) in [5.74, 6) is -0.114. The first-order chi connectivity index (χ1) is 6.49. The van der Waals surface area contributed by atoms with Crippen LogP contribution in [0.1, 0.15) is 34.1 Å². The Kier molecular flexibility index (Phi) is 5.84. The highest BCUT2D eigenvalue weighted by molar-refractivity contribution is 6.19. The Morgan fingerprint density at radius 2 is 1.93 bits per heavy atom. The lowest BCUT2D eigenvalue weighted by Gasteiger charge is -2.05. The van der Waals surface area contributed by atoms with Crippen LogP contribution in [0.2, 0.25) is 0 Å². The van der Waals surface area contributed by atoms with Crippen molar-refractivity contribution < 1.29 is 14.3 Å². The Balaban J connectivity index is 4.50. The second-order valence-corrected chi connectivity index (χ2v) is 3.56. The fraction of sp³-hybridized carbons (Fsp3) is 0.636. The first-order valence-electron chi connectivity index (χ1n) is 4.84. The van der Waals surface area contributed by atoms with E-state index in [0.29, 0.717) is 13.0 Å². The molecule has 0 bridgehead atoms. The van der Waals surface area contributed by atoms with Crippen LogP contribution in [0.15, 0.2) is 11.8 Å². The van der Waals surface area contributed by atoms with Crippen molar-refractivity contribution in [2.24, 2.45) is 5.92 Å². The molecule has 0 rings (SSSR count). The van der Waals surface area contributed by atoms with Crippen molar-refractivity contribution in [3.8, 4) is 0 Å². The summed E-state index contributed by atoms with van der Waals surface area (Å²) in [7, 11) is 0. The van der Waals surface area contributed by atoms with Crippen LogP contribution in [0.3, 0.4) is 0 Å². The quantitative estimate of drug-likeness (QED) is 0.284. The second kappa shape index (κ2) is 6.35. The molecule has 0 atom stereocenters. The maximum Gasteiger partial charge on any atom is 0.169 e. The smallest absolute Gasteiger partial charge is 0.169 e. The molecule has 0 N–H and O–H groups in total. The normalized spacial score (nSPS) is 11.6. The lowest BCUT2D eigenvalue weighted by molar-refractivity contribution is -0.121. The van der Waals surface area contributed by atoms with Gasteiger partial charge in [0.15, 0.2) is 11.6 Å². The van der Waals surface area contributed by atoms with E-state index in [1.165, 1.54) is 13.2 Å². The average molecular weight is 198 g/mol. The van der Waals surface area contributed by atoms with Gasteiger partial charge >= 0.3 is 0 Å². The van der Waals surface area contributed by atoms with E-state index in [2.05, 4.69) is 0 Å². The standard InChI is InChI=1S/C11H18O3/c1-5-14-7-10(9(4)12)11(13)6-8(2)3/h7-8H,5-6H2,1-4H3. The summed E-state index contributed by atoms with van der Waals surface area (Å²) in [6.45, 7) is 7.53. The van der Waals surface area contributed by atoms with E-state index in [4.69, 9.17) is 4.74 Å². The molecule has 0 aliphatic rings. The molecule has 0 aromatic rings. The number of ether oxygens (including phenoxy) is 1. The molecule has 0 unspecified atom stereocenters. The van der Waals surface area contributed by atoms with Crippen molar-refractivity contribution in [2.45, 2.75) is 34.1 Å². The molecule has 0 spiro atoms. The third-order valence-corrected chi connectivity index (χ3v) is 1.64. The maximum absolute atomic E-state index is 11.5. The SMILES string of the molecule is CCOC=C(C(C)=O)C(=O)CC(C)C. The van der Waals surface area contributed by atoms with Crippen molar-refractivity contribution in [1.82, 2.24) is 0 Å². The van der Waals surface area contributed by atoms with Crippen molar-refractivity contribution >= 4 is 11.6 Å². The highest BCUT2D eigenvalue weighted by Gasteiger charge is 2.15. The Bertz CT molecular complexity index is 239. The van der Waals surface area contributed by atoms with E-state index in [1.807, 2.05) is 13.8 Å². The summed E-state index contributed by atoms with van der Waals surface area (Å²) in [6, 6.07) is 0. The maximum atomic E-state index is 11.5. The van der Waals surface area contributed by atoms with Gasteiger partial charge in [0, 0.05) is 6.42 Å². The van der Waals surface area contributed by atoms with Gasteiger partial charge in [0.05, 0.1) is 18.4 Å². The number of carbonyl (C=O) groups is 2. The van der Waals surface area contributed by atoms with Crippen molar-refractivity contribution in [1.29, 1.82) is 0 Å². The fourth-order valence-electron chi connectivity index (χ4n) is 0.992. The van der Waals surface area contributed by atoms with Gasteiger partial charge in [-0.1, -0.05) is 13.8 Å². The molecule has 0 saturated heterocycles. The van der Waals surface area contributed by atoms with Gasteiger partial charge in [-0.05, 0) is 19.8 Å². The van der Waals surface area contributed by atoms with E-state index in [0.717, 1.165) is 0 Å². The summed E-state index contributed by atoms with van der Waals surface area (Å²) >= 11 is 0. The van der Waals surface area contributed by atoms with E-state index in [9.17, 15) is 9.59 Å². The lowest BCUT2D eigenvalue weighted by Crippen LogP contribution is -2.13. The Hall–Kier alpha value is -1.12. The van der Waals surface area contributed by atoms with Gasteiger partial charge in [-0.2, -0.15) is 0 Å². The Morgan fingerprint density at radius 3 is 2.29 bits per heavy atom. The summed E-state index contributed by atoms with van der Waals surface area (Å²) in [5.41, 5.74) is 0.167. The molecule has 14 heavy (non-hydrogen) atoms. The highest BCUT2D eigenvalue weighted by Crippen LogP contribution is 2.08. The van der Waals surface area contributed by atoms with Crippen LogP contribution in [0.4, 0.5) is 0 Å². The predicted molar refractivity (Wildman–Crippen MR) is 54.9 cm³/mol. The first-order valence-corrected chi connectivity index (χ1v) is 4.84. The van der Waals surface area contributed by atoms with E-state index in [-0.39, 0.29) is 23.1 Å².